The number of amides is 2. The standard InChI is InChI=1S/C17H17N3O/c1-13(11-12-18)19-17(21)20-16-9-7-15(8-10-16)14-5-3-2-4-6-14/h2-10,13H,11H2,1H3,(H2,19,20,21)/t13-/m1/s1. The van der Waals surface area contributed by atoms with Crippen molar-refractivity contribution in [3.8, 4) is 17.2 Å². The molecule has 0 saturated carbocycles. The summed E-state index contributed by atoms with van der Waals surface area (Å²) in [6.45, 7) is 1.79. The van der Waals surface area contributed by atoms with Crippen LogP contribution in [-0.2, 0) is 0 Å². The third kappa shape index (κ3) is 4.36. The summed E-state index contributed by atoms with van der Waals surface area (Å²) >= 11 is 0. The molecule has 2 rings (SSSR count). The molecule has 0 radical (unpaired) electrons. The Labute approximate surface area is 124 Å². The molecule has 1 atom stereocenters. The molecule has 0 aliphatic carbocycles. The third-order valence-electron chi connectivity index (χ3n) is 3.02. The summed E-state index contributed by atoms with van der Waals surface area (Å²) in [5.74, 6) is 0. The number of rotatable bonds is 4. The van der Waals surface area contributed by atoms with Gasteiger partial charge in [-0.1, -0.05) is 42.5 Å². The maximum Gasteiger partial charge on any atom is 0.319 e. The lowest BCUT2D eigenvalue weighted by molar-refractivity contribution is 0.249. The molecule has 106 valence electrons. The van der Waals surface area contributed by atoms with Gasteiger partial charge in [0.15, 0.2) is 0 Å². The van der Waals surface area contributed by atoms with E-state index < -0.39 is 0 Å². The van der Waals surface area contributed by atoms with E-state index >= 15 is 0 Å². The molecule has 4 nitrogen and oxygen atoms in total. The van der Waals surface area contributed by atoms with Crippen LogP contribution in [0.25, 0.3) is 11.1 Å². The quantitative estimate of drug-likeness (QED) is 0.894. The Kier molecular flexibility index (Phi) is 4.94. The summed E-state index contributed by atoms with van der Waals surface area (Å²) in [6.07, 6.45) is 0.292. The Balaban J connectivity index is 1.97. The number of hydrogen-bond donors (Lipinski definition) is 2. The molecule has 4 heteroatoms. The Morgan fingerprint density at radius 2 is 1.71 bits per heavy atom. The highest BCUT2D eigenvalue weighted by molar-refractivity contribution is 5.89. The average Bonchev–Trinajstić information content (AvgIpc) is 2.49. The number of urea groups is 1. The Morgan fingerprint density at radius 1 is 1.10 bits per heavy atom. The van der Waals surface area contributed by atoms with E-state index in [1.807, 2.05) is 60.7 Å². The van der Waals surface area contributed by atoms with Crippen molar-refractivity contribution in [3.63, 3.8) is 0 Å². The Bertz CT molecular complexity index is 629. The number of anilines is 1. The summed E-state index contributed by atoms with van der Waals surface area (Å²) in [5, 5.41) is 14.0. The lowest BCUT2D eigenvalue weighted by Gasteiger charge is -2.12. The Morgan fingerprint density at radius 3 is 2.33 bits per heavy atom. The molecule has 0 fully saturated rings. The monoisotopic (exact) mass is 279 g/mol. The van der Waals surface area contributed by atoms with E-state index in [0.29, 0.717) is 6.42 Å². The SMILES string of the molecule is C[C@H](CC#N)NC(=O)Nc1ccc(-c2ccccc2)cc1. The normalized spacial score (nSPS) is 11.2. The molecule has 0 heterocycles. The van der Waals surface area contributed by atoms with Crippen LogP contribution in [0.5, 0.6) is 0 Å². The third-order valence-corrected chi connectivity index (χ3v) is 3.02. The van der Waals surface area contributed by atoms with E-state index in [1.54, 1.807) is 6.92 Å². The number of nitrogens with one attached hydrogen (secondary N) is 2. The van der Waals surface area contributed by atoms with E-state index in [9.17, 15) is 4.79 Å². The van der Waals surface area contributed by atoms with Gasteiger partial charge in [-0.3, -0.25) is 0 Å². The molecule has 21 heavy (non-hydrogen) atoms. The molecule has 0 aliphatic rings. The highest BCUT2D eigenvalue weighted by Gasteiger charge is 2.06. The molecule has 2 aromatic carbocycles. The van der Waals surface area contributed by atoms with Gasteiger partial charge in [-0.2, -0.15) is 5.26 Å². The van der Waals surface area contributed by atoms with Crippen LogP contribution in [0.1, 0.15) is 13.3 Å². The first kappa shape index (κ1) is 14.6. The van der Waals surface area contributed by atoms with E-state index in [1.165, 1.54) is 0 Å². The van der Waals surface area contributed by atoms with Crippen LogP contribution in [0.3, 0.4) is 0 Å². The van der Waals surface area contributed by atoms with E-state index in [0.717, 1.165) is 16.8 Å². The highest BCUT2D eigenvalue weighted by atomic mass is 16.2. The lowest BCUT2D eigenvalue weighted by Crippen LogP contribution is -2.35. The first-order valence-corrected chi connectivity index (χ1v) is 6.79. The van der Waals surface area contributed by atoms with Gasteiger partial charge in [-0.25, -0.2) is 4.79 Å². The van der Waals surface area contributed by atoms with Crippen molar-refractivity contribution >= 4 is 11.7 Å². The molecule has 0 aliphatic heterocycles. The second kappa shape index (κ2) is 7.11. The maximum atomic E-state index is 11.7. The molecule has 2 amide bonds. The topological polar surface area (TPSA) is 64.9 Å². The predicted molar refractivity (Wildman–Crippen MR) is 83.7 cm³/mol. The van der Waals surface area contributed by atoms with Crippen LogP contribution in [0.2, 0.25) is 0 Å². The van der Waals surface area contributed by atoms with Gasteiger partial charge in [-0.15, -0.1) is 0 Å². The van der Waals surface area contributed by atoms with Crippen LogP contribution in [0.4, 0.5) is 10.5 Å². The molecule has 2 N–H and O–H groups in total. The predicted octanol–water partition coefficient (Wildman–Crippen LogP) is 3.78. The molecule has 0 saturated heterocycles. The zero-order valence-electron chi connectivity index (χ0n) is 11.8. The Hall–Kier alpha value is -2.80. The van der Waals surface area contributed by atoms with Gasteiger partial charge in [-0.05, 0) is 30.2 Å². The van der Waals surface area contributed by atoms with E-state index in [4.69, 9.17) is 5.26 Å². The minimum Gasteiger partial charge on any atom is -0.334 e. The van der Waals surface area contributed by atoms with Crippen molar-refractivity contribution in [2.24, 2.45) is 0 Å². The summed E-state index contributed by atoms with van der Waals surface area (Å²) in [6, 6.07) is 19.2. The minimum atomic E-state index is -0.301. The summed E-state index contributed by atoms with van der Waals surface area (Å²) < 4.78 is 0. The lowest BCUT2D eigenvalue weighted by atomic mass is 10.1. The van der Waals surface area contributed by atoms with Gasteiger partial charge in [0, 0.05) is 11.7 Å². The first-order chi connectivity index (χ1) is 10.2. The van der Waals surface area contributed by atoms with Gasteiger partial charge in [0.1, 0.15) is 0 Å². The van der Waals surface area contributed by atoms with Crippen LogP contribution < -0.4 is 10.6 Å². The fraction of sp³-hybridized carbons (Fsp3) is 0.176. The van der Waals surface area contributed by atoms with Gasteiger partial charge in [0.2, 0.25) is 0 Å². The maximum absolute atomic E-state index is 11.7. The van der Waals surface area contributed by atoms with Crippen molar-refractivity contribution in [2.75, 3.05) is 5.32 Å². The zero-order valence-corrected chi connectivity index (χ0v) is 11.8. The number of carbonyl (C=O) groups is 1. The number of nitrogens with zero attached hydrogens (tertiary/aromatic N) is 1. The largest absolute Gasteiger partial charge is 0.334 e. The van der Waals surface area contributed by atoms with E-state index in [2.05, 4.69) is 10.6 Å². The molecule has 0 aromatic heterocycles. The van der Waals surface area contributed by atoms with Crippen LogP contribution in [-0.4, -0.2) is 12.1 Å². The number of carbonyl (C=O) groups excluding carboxylic acids is 1. The molecule has 0 unspecified atom stereocenters. The fourth-order valence-electron chi connectivity index (χ4n) is 1.96. The smallest absolute Gasteiger partial charge is 0.319 e. The van der Waals surface area contributed by atoms with E-state index in [-0.39, 0.29) is 12.1 Å². The summed E-state index contributed by atoms with van der Waals surface area (Å²) in [4.78, 5) is 11.7. The second-order valence-electron chi connectivity index (χ2n) is 4.81. The van der Waals surface area contributed by atoms with Crippen molar-refractivity contribution in [1.29, 1.82) is 5.26 Å². The zero-order chi connectivity index (χ0) is 15.1. The van der Waals surface area contributed by atoms with Gasteiger partial charge in [0.25, 0.3) is 0 Å². The average molecular weight is 279 g/mol. The van der Waals surface area contributed by atoms with Crippen molar-refractivity contribution in [2.45, 2.75) is 19.4 Å². The summed E-state index contributed by atoms with van der Waals surface area (Å²) in [7, 11) is 0. The molecule has 0 spiro atoms. The summed E-state index contributed by atoms with van der Waals surface area (Å²) in [5.41, 5.74) is 2.95. The molecular formula is C17H17N3O. The van der Waals surface area contributed by atoms with Gasteiger partial charge >= 0.3 is 6.03 Å². The number of hydrogen-bond acceptors (Lipinski definition) is 2. The van der Waals surface area contributed by atoms with Gasteiger partial charge in [0.05, 0.1) is 12.5 Å². The van der Waals surface area contributed by atoms with Crippen LogP contribution in [0.15, 0.2) is 54.6 Å². The first-order valence-electron chi connectivity index (χ1n) is 6.79. The van der Waals surface area contributed by atoms with Crippen molar-refractivity contribution < 1.29 is 4.79 Å². The fourth-order valence-corrected chi connectivity index (χ4v) is 1.96. The van der Waals surface area contributed by atoms with Gasteiger partial charge < -0.3 is 10.6 Å². The second-order valence-corrected chi connectivity index (χ2v) is 4.81. The molecule has 2 aromatic rings. The van der Waals surface area contributed by atoms with Crippen molar-refractivity contribution in [1.82, 2.24) is 5.32 Å². The number of nitriles is 1. The molecular weight excluding hydrogens is 262 g/mol. The molecule has 0 bridgehead atoms. The van der Waals surface area contributed by atoms with Crippen LogP contribution >= 0.6 is 0 Å². The van der Waals surface area contributed by atoms with Crippen LogP contribution in [0, 0.1) is 11.3 Å². The highest BCUT2D eigenvalue weighted by Crippen LogP contribution is 2.20. The minimum absolute atomic E-state index is 0.168. The number of benzene rings is 2. The van der Waals surface area contributed by atoms with Crippen molar-refractivity contribution in [3.05, 3.63) is 54.6 Å².